The van der Waals surface area contributed by atoms with Crippen LogP contribution in [0.3, 0.4) is 0 Å². The fourth-order valence-corrected chi connectivity index (χ4v) is 2.91. The number of anilines is 1. The van der Waals surface area contributed by atoms with Gasteiger partial charge in [-0.2, -0.15) is 0 Å². The highest BCUT2D eigenvalue weighted by molar-refractivity contribution is 6.32. The highest BCUT2D eigenvalue weighted by Gasteiger charge is 2.10. The van der Waals surface area contributed by atoms with E-state index in [2.05, 4.69) is 5.32 Å². The Bertz CT molecular complexity index is 1030. The molecule has 30 heavy (non-hydrogen) atoms. The van der Waals surface area contributed by atoms with Gasteiger partial charge in [-0.1, -0.05) is 17.7 Å². The predicted molar refractivity (Wildman–Crippen MR) is 114 cm³/mol. The van der Waals surface area contributed by atoms with Gasteiger partial charge in [0.15, 0.2) is 0 Å². The quantitative estimate of drug-likeness (QED) is 0.508. The summed E-state index contributed by atoms with van der Waals surface area (Å²) in [5.74, 6) is 0.486. The number of phenols is 1. The summed E-state index contributed by atoms with van der Waals surface area (Å²) in [7, 11) is 0. The average molecular weight is 426 g/mol. The summed E-state index contributed by atoms with van der Waals surface area (Å²) < 4.78 is 10.7. The molecule has 0 radical (unpaired) electrons. The number of esters is 1. The molecule has 7 heteroatoms. The summed E-state index contributed by atoms with van der Waals surface area (Å²) in [6.07, 6.45) is 0.142. The molecule has 2 N–H and O–H groups in total. The van der Waals surface area contributed by atoms with E-state index in [9.17, 15) is 14.7 Å². The second-order valence-electron chi connectivity index (χ2n) is 6.37. The zero-order chi connectivity index (χ0) is 21.5. The van der Waals surface area contributed by atoms with Crippen molar-refractivity contribution in [3.8, 4) is 17.2 Å². The molecule has 3 rings (SSSR count). The lowest BCUT2D eigenvalue weighted by Crippen LogP contribution is -2.11. The lowest BCUT2D eigenvalue weighted by molar-refractivity contribution is -0.142. The Morgan fingerprint density at radius 3 is 2.33 bits per heavy atom. The Balaban J connectivity index is 1.62. The van der Waals surface area contributed by atoms with E-state index in [1.54, 1.807) is 49.4 Å². The van der Waals surface area contributed by atoms with Crippen molar-refractivity contribution in [2.75, 3.05) is 11.9 Å². The van der Waals surface area contributed by atoms with Crippen LogP contribution in [-0.4, -0.2) is 23.6 Å². The molecule has 0 bridgehead atoms. The maximum atomic E-state index is 12.2. The van der Waals surface area contributed by atoms with Gasteiger partial charge >= 0.3 is 5.97 Å². The molecule has 0 heterocycles. The van der Waals surface area contributed by atoms with Gasteiger partial charge in [-0.25, -0.2) is 0 Å². The van der Waals surface area contributed by atoms with Crippen molar-refractivity contribution in [1.82, 2.24) is 0 Å². The molecule has 3 aromatic rings. The van der Waals surface area contributed by atoms with Crippen LogP contribution in [0.2, 0.25) is 5.02 Å². The van der Waals surface area contributed by atoms with Crippen molar-refractivity contribution in [3.63, 3.8) is 0 Å². The van der Waals surface area contributed by atoms with Crippen LogP contribution in [0.1, 0.15) is 22.8 Å². The van der Waals surface area contributed by atoms with Crippen LogP contribution < -0.4 is 10.1 Å². The Morgan fingerprint density at radius 2 is 1.70 bits per heavy atom. The summed E-state index contributed by atoms with van der Waals surface area (Å²) in [6.45, 7) is 2.09. The van der Waals surface area contributed by atoms with Crippen LogP contribution >= 0.6 is 11.6 Å². The fourth-order valence-electron chi connectivity index (χ4n) is 2.67. The van der Waals surface area contributed by atoms with Crippen LogP contribution in [0.4, 0.5) is 5.69 Å². The number of hydrogen-bond donors (Lipinski definition) is 2. The first kappa shape index (κ1) is 21.2. The van der Waals surface area contributed by atoms with E-state index < -0.39 is 0 Å². The topological polar surface area (TPSA) is 84.9 Å². The van der Waals surface area contributed by atoms with Crippen LogP contribution in [0.15, 0.2) is 66.7 Å². The van der Waals surface area contributed by atoms with Crippen molar-refractivity contribution in [3.05, 3.63) is 82.9 Å². The van der Waals surface area contributed by atoms with Gasteiger partial charge in [-0.05, 0) is 73.2 Å². The van der Waals surface area contributed by atoms with Crippen LogP contribution in [-0.2, 0) is 16.0 Å². The van der Waals surface area contributed by atoms with Crippen LogP contribution in [0, 0.1) is 0 Å². The number of nitrogens with one attached hydrogen (secondary N) is 1. The zero-order valence-corrected chi connectivity index (χ0v) is 17.0. The second-order valence-corrected chi connectivity index (χ2v) is 6.78. The number of aromatic hydroxyl groups is 1. The van der Waals surface area contributed by atoms with E-state index in [4.69, 9.17) is 21.1 Å². The summed E-state index contributed by atoms with van der Waals surface area (Å²) >= 11 is 6.27. The van der Waals surface area contributed by atoms with Gasteiger partial charge in [0.25, 0.3) is 5.91 Å². The summed E-state index contributed by atoms with van der Waals surface area (Å²) in [4.78, 5) is 23.8. The highest BCUT2D eigenvalue weighted by atomic mass is 35.5. The van der Waals surface area contributed by atoms with Gasteiger partial charge in [0.2, 0.25) is 0 Å². The molecular weight excluding hydrogens is 406 g/mol. The van der Waals surface area contributed by atoms with E-state index in [-0.39, 0.29) is 24.0 Å². The van der Waals surface area contributed by atoms with Crippen molar-refractivity contribution in [1.29, 1.82) is 0 Å². The zero-order valence-electron chi connectivity index (χ0n) is 16.2. The molecule has 0 saturated heterocycles. The maximum absolute atomic E-state index is 12.2. The third-order valence-corrected chi connectivity index (χ3v) is 4.41. The first-order chi connectivity index (χ1) is 14.4. The number of halogens is 1. The van der Waals surface area contributed by atoms with E-state index in [1.165, 1.54) is 24.3 Å². The summed E-state index contributed by atoms with van der Waals surface area (Å²) in [5.41, 5.74) is 1.76. The van der Waals surface area contributed by atoms with E-state index in [0.29, 0.717) is 34.4 Å². The Kier molecular flexibility index (Phi) is 6.93. The van der Waals surface area contributed by atoms with Gasteiger partial charge in [0.1, 0.15) is 17.2 Å². The molecule has 154 valence electrons. The smallest absolute Gasteiger partial charge is 0.310 e. The molecule has 0 aliphatic rings. The number of benzene rings is 3. The molecule has 3 aromatic carbocycles. The molecule has 0 spiro atoms. The van der Waals surface area contributed by atoms with Gasteiger partial charge in [0, 0.05) is 11.3 Å². The molecule has 0 unspecified atom stereocenters. The average Bonchev–Trinajstić information content (AvgIpc) is 2.72. The summed E-state index contributed by atoms with van der Waals surface area (Å²) in [6, 6.07) is 17.9. The molecule has 1 amide bonds. The number of carbonyl (C=O) groups excluding carboxylic acids is 2. The number of phenolic OH excluding ortho intramolecular Hbond substituents is 1. The monoisotopic (exact) mass is 425 g/mol. The third-order valence-electron chi connectivity index (χ3n) is 4.12. The number of carbonyl (C=O) groups is 2. The number of hydrogen-bond acceptors (Lipinski definition) is 5. The minimum Gasteiger partial charge on any atom is -0.508 e. The Hall–Kier alpha value is -3.51. The van der Waals surface area contributed by atoms with Crippen molar-refractivity contribution in [2.45, 2.75) is 13.3 Å². The molecule has 0 atom stereocenters. The predicted octanol–water partition coefficient (Wildman–Crippen LogP) is 5.20. The number of ether oxygens (including phenoxy) is 2. The highest BCUT2D eigenvalue weighted by Crippen LogP contribution is 2.31. The van der Waals surface area contributed by atoms with Crippen LogP contribution in [0.5, 0.6) is 17.2 Å². The first-order valence-electron chi connectivity index (χ1n) is 9.27. The van der Waals surface area contributed by atoms with Crippen molar-refractivity contribution < 1.29 is 24.2 Å². The van der Waals surface area contributed by atoms with Gasteiger partial charge in [-0.15, -0.1) is 0 Å². The maximum Gasteiger partial charge on any atom is 0.310 e. The summed E-state index contributed by atoms with van der Waals surface area (Å²) in [5, 5.41) is 12.4. The SMILES string of the molecule is CCOC(=O)Cc1ccc(Oc2ccc(NC(=O)c3ccc(O)cc3)cc2)c(Cl)c1. The normalized spacial score (nSPS) is 10.3. The number of amides is 1. The first-order valence-corrected chi connectivity index (χ1v) is 9.64. The fraction of sp³-hybridized carbons (Fsp3) is 0.130. The van der Waals surface area contributed by atoms with E-state index >= 15 is 0 Å². The van der Waals surface area contributed by atoms with Gasteiger partial charge < -0.3 is 19.9 Å². The lowest BCUT2D eigenvalue weighted by atomic mass is 10.1. The second kappa shape index (κ2) is 9.80. The van der Waals surface area contributed by atoms with Gasteiger partial charge in [0.05, 0.1) is 18.1 Å². The molecule has 0 aromatic heterocycles. The Morgan fingerprint density at radius 1 is 1.00 bits per heavy atom. The molecule has 0 aliphatic carbocycles. The largest absolute Gasteiger partial charge is 0.508 e. The van der Waals surface area contributed by atoms with Gasteiger partial charge in [-0.3, -0.25) is 9.59 Å². The van der Waals surface area contributed by atoms with Crippen molar-refractivity contribution in [2.24, 2.45) is 0 Å². The standard InChI is InChI=1S/C23H20ClNO5/c1-2-29-22(27)14-15-3-12-21(20(24)13-15)30-19-10-6-17(7-11-19)25-23(28)16-4-8-18(26)9-5-16/h3-13,26H,2,14H2,1H3,(H,25,28). The minimum absolute atomic E-state index is 0.0978. The molecule has 0 fully saturated rings. The molecule has 0 saturated carbocycles. The Labute approximate surface area is 179 Å². The minimum atomic E-state index is -0.313. The van der Waals surface area contributed by atoms with E-state index in [1.807, 2.05) is 0 Å². The lowest BCUT2D eigenvalue weighted by Gasteiger charge is -2.10. The third kappa shape index (κ3) is 5.75. The molecule has 0 aliphatic heterocycles. The van der Waals surface area contributed by atoms with E-state index in [0.717, 1.165) is 5.56 Å². The van der Waals surface area contributed by atoms with Crippen molar-refractivity contribution >= 4 is 29.2 Å². The molecule has 6 nitrogen and oxygen atoms in total. The number of rotatable bonds is 7. The van der Waals surface area contributed by atoms with Crippen LogP contribution in [0.25, 0.3) is 0 Å². The molecular formula is C23H20ClNO5.